The van der Waals surface area contributed by atoms with Crippen LogP contribution in [-0.2, 0) is 0 Å². The summed E-state index contributed by atoms with van der Waals surface area (Å²) in [7, 11) is 0. The molecule has 0 bridgehead atoms. The number of benzene rings is 2. The van der Waals surface area contributed by atoms with Crippen LogP contribution >= 0.6 is 15.9 Å². The van der Waals surface area contributed by atoms with Crippen LogP contribution in [0.1, 0.15) is 11.1 Å². The molecule has 0 unspecified atom stereocenters. The van der Waals surface area contributed by atoms with Crippen molar-refractivity contribution in [3.8, 4) is 5.69 Å². The molecule has 1 N–H and O–H groups in total. The van der Waals surface area contributed by atoms with E-state index in [-0.39, 0.29) is 5.69 Å². The quantitative estimate of drug-likeness (QED) is 0.730. The van der Waals surface area contributed by atoms with Crippen LogP contribution in [0.25, 0.3) is 16.7 Å². The van der Waals surface area contributed by atoms with Crippen LogP contribution in [0.2, 0.25) is 0 Å². The number of aromatic nitrogens is 2. The number of fused-ring (bicyclic) bond motifs is 1. The predicted molar refractivity (Wildman–Crippen MR) is 81.1 cm³/mol. The van der Waals surface area contributed by atoms with E-state index in [2.05, 4.69) is 20.9 Å². The zero-order valence-corrected chi connectivity index (χ0v) is 12.3. The topological polar surface area (TPSA) is 37.8 Å². The summed E-state index contributed by atoms with van der Waals surface area (Å²) in [6.07, 6.45) is 0. The summed E-state index contributed by atoms with van der Waals surface area (Å²) in [5, 5.41) is 0. The van der Waals surface area contributed by atoms with Gasteiger partial charge in [0, 0.05) is 4.47 Å². The van der Waals surface area contributed by atoms with Crippen molar-refractivity contribution in [2.24, 2.45) is 0 Å². The van der Waals surface area contributed by atoms with E-state index in [1.807, 2.05) is 50.2 Å². The highest BCUT2D eigenvalue weighted by Crippen LogP contribution is 2.25. The van der Waals surface area contributed by atoms with Gasteiger partial charge in [-0.3, -0.25) is 4.57 Å². The smallest absolute Gasteiger partial charge is 0.305 e. The van der Waals surface area contributed by atoms with Gasteiger partial charge >= 0.3 is 5.69 Å². The lowest BCUT2D eigenvalue weighted by atomic mass is 10.1. The second-order valence-corrected chi connectivity index (χ2v) is 5.47. The van der Waals surface area contributed by atoms with Crippen LogP contribution in [0.5, 0.6) is 0 Å². The molecular formula is C15H13BrN2O. The monoisotopic (exact) mass is 316 g/mol. The standard InChI is InChI=1S/C15H13BrN2O/c1-9-7-11(8-10(2)14(9)16)18-13-6-4-3-5-12(13)17-15(18)19/h3-8H,1-2H3,(H,17,19). The lowest BCUT2D eigenvalue weighted by Crippen LogP contribution is -2.14. The Labute approximate surface area is 119 Å². The minimum absolute atomic E-state index is 0.109. The van der Waals surface area contributed by atoms with E-state index in [1.165, 1.54) is 0 Å². The molecule has 3 nitrogen and oxygen atoms in total. The Morgan fingerprint density at radius 3 is 2.42 bits per heavy atom. The van der Waals surface area contributed by atoms with Gasteiger partial charge in [-0.2, -0.15) is 0 Å². The molecule has 0 spiro atoms. The lowest BCUT2D eigenvalue weighted by molar-refractivity contribution is 1.01. The number of nitrogens with one attached hydrogen (secondary N) is 1. The molecule has 0 aliphatic carbocycles. The molecule has 0 saturated carbocycles. The summed E-state index contributed by atoms with van der Waals surface area (Å²) in [6, 6.07) is 11.7. The number of para-hydroxylation sites is 2. The van der Waals surface area contributed by atoms with Crippen molar-refractivity contribution in [2.45, 2.75) is 13.8 Å². The molecule has 0 radical (unpaired) electrons. The van der Waals surface area contributed by atoms with Crippen molar-refractivity contribution < 1.29 is 0 Å². The van der Waals surface area contributed by atoms with E-state index in [0.29, 0.717) is 0 Å². The summed E-state index contributed by atoms with van der Waals surface area (Å²) in [4.78, 5) is 15.0. The molecule has 96 valence electrons. The van der Waals surface area contributed by atoms with E-state index >= 15 is 0 Å². The minimum atomic E-state index is -0.109. The number of rotatable bonds is 1. The molecule has 1 aromatic heterocycles. The van der Waals surface area contributed by atoms with Crippen LogP contribution in [0.3, 0.4) is 0 Å². The average Bonchev–Trinajstić information content (AvgIpc) is 2.71. The molecule has 19 heavy (non-hydrogen) atoms. The molecule has 0 fully saturated rings. The van der Waals surface area contributed by atoms with Crippen LogP contribution in [0, 0.1) is 13.8 Å². The Hall–Kier alpha value is -1.81. The number of halogens is 1. The Morgan fingerprint density at radius 1 is 1.11 bits per heavy atom. The first-order valence-corrected chi connectivity index (χ1v) is 6.84. The van der Waals surface area contributed by atoms with Crippen LogP contribution in [-0.4, -0.2) is 9.55 Å². The molecule has 0 amide bonds. The molecule has 4 heteroatoms. The van der Waals surface area contributed by atoms with E-state index in [4.69, 9.17) is 0 Å². The highest BCUT2D eigenvalue weighted by atomic mass is 79.9. The minimum Gasteiger partial charge on any atom is -0.305 e. The van der Waals surface area contributed by atoms with Gasteiger partial charge < -0.3 is 4.98 Å². The van der Waals surface area contributed by atoms with Crippen molar-refractivity contribution >= 4 is 27.0 Å². The van der Waals surface area contributed by atoms with Gasteiger partial charge in [-0.1, -0.05) is 28.1 Å². The van der Waals surface area contributed by atoms with Crippen molar-refractivity contribution in [2.75, 3.05) is 0 Å². The maximum atomic E-state index is 12.1. The molecule has 0 aliphatic heterocycles. The molecule has 3 rings (SSSR count). The van der Waals surface area contributed by atoms with Gasteiger partial charge in [-0.05, 0) is 49.2 Å². The number of aryl methyl sites for hydroxylation is 2. The normalized spacial score (nSPS) is 11.1. The molecule has 0 atom stereocenters. The van der Waals surface area contributed by atoms with Gasteiger partial charge in [0.2, 0.25) is 0 Å². The Balaban J connectivity index is 2.36. The molecule has 2 aromatic carbocycles. The number of nitrogens with zero attached hydrogens (tertiary/aromatic N) is 1. The van der Waals surface area contributed by atoms with Crippen LogP contribution in [0.4, 0.5) is 0 Å². The van der Waals surface area contributed by atoms with Crippen molar-refractivity contribution in [1.82, 2.24) is 9.55 Å². The third-order valence-electron chi connectivity index (χ3n) is 3.27. The average molecular weight is 317 g/mol. The van der Waals surface area contributed by atoms with Gasteiger partial charge in [-0.15, -0.1) is 0 Å². The number of H-pyrrole nitrogens is 1. The van der Waals surface area contributed by atoms with Gasteiger partial charge in [0.15, 0.2) is 0 Å². The molecule has 3 aromatic rings. The molecule has 0 saturated heterocycles. The first kappa shape index (κ1) is 12.2. The number of hydrogen-bond acceptors (Lipinski definition) is 1. The zero-order valence-electron chi connectivity index (χ0n) is 10.7. The van der Waals surface area contributed by atoms with E-state index < -0.39 is 0 Å². The van der Waals surface area contributed by atoms with Crippen LogP contribution < -0.4 is 5.69 Å². The van der Waals surface area contributed by atoms with E-state index in [9.17, 15) is 4.79 Å². The third kappa shape index (κ3) is 1.92. The lowest BCUT2D eigenvalue weighted by Gasteiger charge is -2.09. The predicted octanol–water partition coefficient (Wildman–Crippen LogP) is 3.70. The summed E-state index contributed by atoms with van der Waals surface area (Å²) in [5.74, 6) is 0. The van der Waals surface area contributed by atoms with E-state index in [0.717, 1.165) is 32.3 Å². The highest BCUT2D eigenvalue weighted by Gasteiger charge is 2.10. The maximum absolute atomic E-state index is 12.1. The van der Waals surface area contributed by atoms with Gasteiger partial charge in [0.1, 0.15) is 0 Å². The first-order chi connectivity index (χ1) is 9.08. The largest absolute Gasteiger partial charge is 0.331 e. The maximum Gasteiger partial charge on any atom is 0.331 e. The van der Waals surface area contributed by atoms with Gasteiger partial charge in [0.05, 0.1) is 16.7 Å². The number of hydrogen-bond donors (Lipinski definition) is 1. The van der Waals surface area contributed by atoms with Crippen molar-refractivity contribution in [3.63, 3.8) is 0 Å². The Kier molecular flexibility index (Phi) is 2.82. The molecule has 1 heterocycles. The number of imidazole rings is 1. The summed E-state index contributed by atoms with van der Waals surface area (Å²) < 4.78 is 2.80. The van der Waals surface area contributed by atoms with Gasteiger partial charge in [-0.25, -0.2) is 4.79 Å². The summed E-state index contributed by atoms with van der Waals surface area (Å²) in [6.45, 7) is 4.06. The number of aromatic amines is 1. The van der Waals surface area contributed by atoms with Crippen molar-refractivity contribution in [1.29, 1.82) is 0 Å². The first-order valence-electron chi connectivity index (χ1n) is 6.05. The fraction of sp³-hybridized carbons (Fsp3) is 0.133. The summed E-state index contributed by atoms with van der Waals surface area (Å²) in [5.41, 5.74) is 4.77. The summed E-state index contributed by atoms with van der Waals surface area (Å²) >= 11 is 3.55. The molecule has 0 aliphatic rings. The van der Waals surface area contributed by atoms with Gasteiger partial charge in [0.25, 0.3) is 0 Å². The fourth-order valence-corrected chi connectivity index (χ4v) is 2.59. The second kappa shape index (κ2) is 4.38. The SMILES string of the molecule is Cc1cc(-n2c(=O)[nH]c3ccccc32)cc(C)c1Br. The molecular weight excluding hydrogens is 304 g/mol. The Bertz CT molecular complexity index is 807. The van der Waals surface area contributed by atoms with E-state index in [1.54, 1.807) is 4.57 Å². The third-order valence-corrected chi connectivity index (χ3v) is 4.52. The fourth-order valence-electron chi connectivity index (χ4n) is 2.36. The second-order valence-electron chi connectivity index (χ2n) is 4.68. The highest BCUT2D eigenvalue weighted by molar-refractivity contribution is 9.10. The zero-order chi connectivity index (χ0) is 13.6. The Morgan fingerprint density at radius 2 is 1.74 bits per heavy atom. The van der Waals surface area contributed by atoms with Crippen molar-refractivity contribution in [3.05, 3.63) is 62.5 Å². The van der Waals surface area contributed by atoms with Crippen LogP contribution in [0.15, 0.2) is 45.7 Å².